The molecule has 2 aliphatic heterocycles. The van der Waals surface area contributed by atoms with E-state index in [1.807, 2.05) is 29.2 Å². The number of nitrogens with zero attached hydrogens (tertiary/aromatic N) is 2. The molecule has 2 heterocycles. The summed E-state index contributed by atoms with van der Waals surface area (Å²) < 4.78 is 6.03. The molecule has 1 aliphatic carbocycles. The molecule has 3 aliphatic rings. The van der Waals surface area contributed by atoms with Gasteiger partial charge in [-0.15, -0.1) is 0 Å². The van der Waals surface area contributed by atoms with Gasteiger partial charge in [-0.05, 0) is 44.2 Å². The zero-order valence-corrected chi connectivity index (χ0v) is 13.7. The molecule has 23 heavy (non-hydrogen) atoms. The second-order valence-corrected chi connectivity index (χ2v) is 7.10. The fourth-order valence-electron chi connectivity index (χ4n) is 3.73. The van der Waals surface area contributed by atoms with Gasteiger partial charge in [0.1, 0.15) is 12.4 Å². The average Bonchev–Trinajstić information content (AvgIpc) is 3.31. The van der Waals surface area contributed by atoms with Gasteiger partial charge >= 0.3 is 0 Å². The summed E-state index contributed by atoms with van der Waals surface area (Å²) in [5.74, 6) is 0.885. The molecule has 2 unspecified atom stereocenters. The predicted octanol–water partition coefficient (Wildman–Crippen LogP) is 2.93. The Kier molecular flexibility index (Phi) is 4.25. The van der Waals surface area contributed by atoms with Crippen LogP contribution < -0.4 is 4.74 Å². The van der Waals surface area contributed by atoms with Crippen LogP contribution in [0, 0.1) is 0 Å². The molecule has 2 atom stereocenters. The van der Waals surface area contributed by atoms with Crippen molar-refractivity contribution in [2.24, 2.45) is 0 Å². The van der Waals surface area contributed by atoms with Gasteiger partial charge in [0.15, 0.2) is 0 Å². The molecule has 0 aromatic heterocycles. The molecule has 0 spiro atoms. The van der Waals surface area contributed by atoms with Crippen molar-refractivity contribution < 1.29 is 9.53 Å². The van der Waals surface area contributed by atoms with E-state index >= 15 is 0 Å². The molecule has 124 valence electrons. The van der Waals surface area contributed by atoms with Crippen molar-refractivity contribution in [3.05, 3.63) is 29.8 Å². The van der Waals surface area contributed by atoms with Crippen LogP contribution in [0.5, 0.6) is 5.75 Å². The average molecular weight is 314 g/mol. The Morgan fingerprint density at radius 1 is 1.09 bits per heavy atom. The minimum absolute atomic E-state index is 0.131. The number of para-hydroxylation sites is 1. The van der Waals surface area contributed by atoms with E-state index in [1.165, 1.54) is 25.7 Å². The van der Waals surface area contributed by atoms with Crippen LogP contribution in [-0.2, 0) is 0 Å². The van der Waals surface area contributed by atoms with Crippen molar-refractivity contribution in [1.82, 2.24) is 9.80 Å². The number of carbonyl (C=O) groups excluding carboxylic acids is 1. The lowest BCUT2D eigenvalue weighted by atomic mass is 9.93. The summed E-state index contributed by atoms with van der Waals surface area (Å²) in [6, 6.07) is 9.09. The van der Waals surface area contributed by atoms with Gasteiger partial charge < -0.3 is 9.64 Å². The number of rotatable bonds is 5. The van der Waals surface area contributed by atoms with Crippen molar-refractivity contribution in [2.45, 2.75) is 50.6 Å². The van der Waals surface area contributed by atoms with Crippen molar-refractivity contribution in [3.8, 4) is 5.75 Å². The number of benzene rings is 1. The van der Waals surface area contributed by atoms with Crippen molar-refractivity contribution >= 4 is 5.91 Å². The van der Waals surface area contributed by atoms with E-state index in [-0.39, 0.29) is 5.91 Å². The second kappa shape index (κ2) is 6.52. The van der Waals surface area contributed by atoms with Crippen LogP contribution in [0.25, 0.3) is 0 Å². The van der Waals surface area contributed by atoms with Crippen molar-refractivity contribution in [3.63, 3.8) is 0 Å². The van der Waals surface area contributed by atoms with E-state index in [1.54, 1.807) is 0 Å². The highest BCUT2D eigenvalue weighted by atomic mass is 16.5. The Labute approximate surface area is 138 Å². The molecule has 4 heteroatoms. The first kappa shape index (κ1) is 15.0. The zero-order chi connectivity index (χ0) is 15.6. The summed E-state index contributed by atoms with van der Waals surface area (Å²) in [4.78, 5) is 17.3. The van der Waals surface area contributed by atoms with Crippen LogP contribution in [0.1, 0.15) is 48.9 Å². The smallest absolute Gasteiger partial charge is 0.257 e. The fraction of sp³-hybridized carbons (Fsp3) is 0.632. The topological polar surface area (TPSA) is 32.6 Å². The zero-order valence-electron chi connectivity index (χ0n) is 13.7. The quantitative estimate of drug-likeness (QED) is 0.783. The minimum atomic E-state index is 0.131. The molecule has 4 rings (SSSR count). The monoisotopic (exact) mass is 314 g/mol. The van der Waals surface area contributed by atoms with Crippen molar-refractivity contribution in [1.29, 1.82) is 0 Å². The molecule has 3 fully saturated rings. The van der Waals surface area contributed by atoms with Crippen LogP contribution in [0.3, 0.4) is 0 Å². The number of amides is 1. The maximum atomic E-state index is 12.7. The van der Waals surface area contributed by atoms with E-state index in [9.17, 15) is 4.79 Å². The third-order valence-electron chi connectivity index (χ3n) is 5.49. The Balaban J connectivity index is 1.37. The molecule has 0 radical (unpaired) electrons. The van der Waals surface area contributed by atoms with Crippen LogP contribution in [0.2, 0.25) is 0 Å². The number of piperidine rings is 1. The molecule has 1 aromatic rings. The molecular formula is C19H26N2O2. The van der Waals surface area contributed by atoms with Gasteiger partial charge in [-0.2, -0.15) is 0 Å². The predicted molar refractivity (Wildman–Crippen MR) is 89.8 cm³/mol. The van der Waals surface area contributed by atoms with Gasteiger partial charge in [-0.3, -0.25) is 9.69 Å². The first-order chi connectivity index (χ1) is 11.3. The standard InChI is InChI=1S/C19H26N2O2/c22-19(20-11-4-1-5-12-20)17-9-2-3-10-18(17)23-14-16-13-21(16)15-7-6-8-15/h2-3,9-10,15-16H,1,4-8,11-14H2. The van der Waals surface area contributed by atoms with E-state index in [4.69, 9.17) is 4.74 Å². The fourth-order valence-corrected chi connectivity index (χ4v) is 3.73. The third kappa shape index (κ3) is 3.23. The largest absolute Gasteiger partial charge is 0.491 e. The van der Waals surface area contributed by atoms with Gasteiger partial charge in [-0.1, -0.05) is 18.6 Å². The molecule has 0 N–H and O–H groups in total. The maximum Gasteiger partial charge on any atom is 0.257 e. The molecule has 1 saturated carbocycles. The summed E-state index contributed by atoms with van der Waals surface area (Å²) in [6.07, 6.45) is 7.55. The maximum absolute atomic E-state index is 12.7. The summed E-state index contributed by atoms with van der Waals surface area (Å²) >= 11 is 0. The van der Waals surface area contributed by atoms with Gasteiger partial charge in [0.2, 0.25) is 0 Å². The van der Waals surface area contributed by atoms with Crippen LogP contribution in [-0.4, -0.2) is 54.0 Å². The van der Waals surface area contributed by atoms with Gasteiger partial charge in [-0.25, -0.2) is 0 Å². The Morgan fingerprint density at radius 2 is 1.87 bits per heavy atom. The first-order valence-corrected chi connectivity index (χ1v) is 9.10. The highest BCUT2D eigenvalue weighted by Gasteiger charge is 2.42. The lowest BCUT2D eigenvalue weighted by molar-refractivity contribution is 0.0719. The second-order valence-electron chi connectivity index (χ2n) is 7.10. The van der Waals surface area contributed by atoms with E-state index in [0.717, 1.165) is 49.8 Å². The lowest BCUT2D eigenvalue weighted by Gasteiger charge is -2.28. The van der Waals surface area contributed by atoms with Gasteiger partial charge in [0.25, 0.3) is 5.91 Å². The molecule has 2 saturated heterocycles. The van der Waals surface area contributed by atoms with Crippen LogP contribution in [0.15, 0.2) is 24.3 Å². The Bertz CT molecular complexity index is 564. The molecule has 4 nitrogen and oxygen atoms in total. The number of hydrogen-bond donors (Lipinski definition) is 0. The summed E-state index contributed by atoms with van der Waals surface area (Å²) in [7, 11) is 0. The van der Waals surface area contributed by atoms with Crippen molar-refractivity contribution in [2.75, 3.05) is 26.2 Å². The van der Waals surface area contributed by atoms with E-state index in [0.29, 0.717) is 12.6 Å². The molecular weight excluding hydrogens is 288 g/mol. The third-order valence-corrected chi connectivity index (χ3v) is 5.49. The Morgan fingerprint density at radius 3 is 2.61 bits per heavy atom. The molecule has 1 aromatic carbocycles. The molecule has 0 bridgehead atoms. The number of carbonyl (C=O) groups is 1. The summed E-state index contributed by atoms with van der Waals surface area (Å²) in [5, 5.41) is 0. The Hall–Kier alpha value is -1.55. The summed E-state index contributed by atoms with van der Waals surface area (Å²) in [5.41, 5.74) is 0.727. The number of likely N-dealkylation sites (tertiary alicyclic amines) is 1. The van der Waals surface area contributed by atoms with E-state index < -0.39 is 0 Å². The van der Waals surface area contributed by atoms with Gasteiger partial charge in [0, 0.05) is 25.7 Å². The first-order valence-electron chi connectivity index (χ1n) is 9.10. The van der Waals surface area contributed by atoms with Gasteiger partial charge in [0.05, 0.1) is 11.6 Å². The molecule has 1 amide bonds. The van der Waals surface area contributed by atoms with E-state index in [2.05, 4.69) is 4.90 Å². The van der Waals surface area contributed by atoms with Crippen LogP contribution in [0.4, 0.5) is 0 Å². The number of hydrogen-bond acceptors (Lipinski definition) is 3. The minimum Gasteiger partial charge on any atom is -0.491 e. The highest BCUT2D eigenvalue weighted by molar-refractivity contribution is 5.97. The SMILES string of the molecule is O=C(c1ccccc1OCC1CN1C1CCC1)N1CCCCC1. The number of ether oxygens (including phenoxy) is 1. The highest BCUT2D eigenvalue weighted by Crippen LogP contribution is 2.34. The van der Waals surface area contributed by atoms with Crippen LogP contribution >= 0.6 is 0 Å². The lowest BCUT2D eigenvalue weighted by Crippen LogP contribution is -2.35. The summed E-state index contributed by atoms with van der Waals surface area (Å²) in [6.45, 7) is 3.63. The normalized spacial score (nSPS) is 27.4.